The minimum absolute atomic E-state index is 0.00317. The fourth-order valence-corrected chi connectivity index (χ4v) is 3.83. The number of thioether (sulfide) groups is 1. The van der Waals surface area contributed by atoms with Crippen LogP contribution in [0.25, 0.3) is 0 Å². The molecule has 2 aromatic carbocycles. The van der Waals surface area contributed by atoms with Gasteiger partial charge in [-0.15, -0.1) is 0 Å². The van der Waals surface area contributed by atoms with Gasteiger partial charge in [-0.2, -0.15) is 11.8 Å². The third kappa shape index (κ3) is 3.82. The Labute approximate surface area is 148 Å². The molecule has 2 atom stereocenters. The summed E-state index contributed by atoms with van der Waals surface area (Å²) in [5, 5.41) is 0. The normalized spacial score (nSPS) is 20.3. The maximum atomic E-state index is 12.8. The summed E-state index contributed by atoms with van der Waals surface area (Å²) in [6.45, 7) is 3.46. The molecular weight excluding hydrogens is 316 g/mol. The van der Waals surface area contributed by atoms with Gasteiger partial charge in [0.1, 0.15) is 0 Å². The number of carbonyl (C=O) groups is 1. The quantitative estimate of drug-likeness (QED) is 0.906. The van der Waals surface area contributed by atoms with Crippen LogP contribution >= 0.6 is 11.8 Å². The monoisotopic (exact) mass is 340 g/mol. The first-order chi connectivity index (χ1) is 11.7. The number of nitrogens with two attached hydrogens (primary N) is 1. The lowest BCUT2D eigenvalue weighted by atomic mass is 9.95. The van der Waals surface area contributed by atoms with Crippen molar-refractivity contribution < 1.29 is 4.79 Å². The van der Waals surface area contributed by atoms with Crippen LogP contribution in [0.15, 0.2) is 54.6 Å². The number of benzene rings is 2. The Kier molecular flexibility index (Phi) is 5.59. The fourth-order valence-electron chi connectivity index (χ4n) is 3.19. The molecule has 2 N–H and O–H groups in total. The number of carbonyl (C=O) groups excluding carboxylic acids is 1. The number of rotatable bonds is 5. The average Bonchev–Trinajstić information content (AvgIpc) is 3.02. The van der Waals surface area contributed by atoms with E-state index >= 15 is 0 Å². The molecule has 0 saturated carbocycles. The van der Waals surface area contributed by atoms with Crippen molar-refractivity contribution in [1.82, 2.24) is 4.90 Å². The Morgan fingerprint density at radius 3 is 2.50 bits per heavy atom. The van der Waals surface area contributed by atoms with Crippen molar-refractivity contribution in [2.45, 2.75) is 24.6 Å². The minimum Gasteiger partial charge on any atom is -0.336 e. The maximum absolute atomic E-state index is 12.8. The van der Waals surface area contributed by atoms with Gasteiger partial charge in [-0.3, -0.25) is 4.79 Å². The molecule has 3 nitrogen and oxygen atoms in total. The van der Waals surface area contributed by atoms with E-state index in [0.717, 1.165) is 17.1 Å². The highest BCUT2D eigenvalue weighted by atomic mass is 32.2. The van der Waals surface area contributed by atoms with E-state index in [4.69, 9.17) is 5.73 Å². The van der Waals surface area contributed by atoms with Gasteiger partial charge in [0.25, 0.3) is 5.91 Å². The van der Waals surface area contributed by atoms with Crippen LogP contribution in [0.5, 0.6) is 0 Å². The molecule has 24 heavy (non-hydrogen) atoms. The van der Waals surface area contributed by atoms with E-state index in [-0.39, 0.29) is 17.9 Å². The van der Waals surface area contributed by atoms with Crippen LogP contribution in [-0.4, -0.2) is 35.7 Å². The Hall–Kier alpha value is -1.78. The molecule has 2 aromatic rings. The molecule has 1 amide bonds. The molecule has 126 valence electrons. The zero-order valence-corrected chi connectivity index (χ0v) is 14.8. The van der Waals surface area contributed by atoms with E-state index in [1.807, 2.05) is 47.0 Å². The van der Waals surface area contributed by atoms with Crippen molar-refractivity contribution in [1.29, 1.82) is 0 Å². The summed E-state index contributed by atoms with van der Waals surface area (Å²) in [4.78, 5) is 14.6. The van der Waals surface area contributed by atoms with Crippen LogP contribution in [0.2, 0.25) is 0 Å². The van der Waals surface area contributed by atoms with Crippen molar-refractivity contribution in [3.63, 3.8) is 0 Å². The van der Waals surface area contributed by atoms with Gasteiger partial charge in [0.05, 0.1) is 0 Å². The smallest absolute Gasteiger partial charge is 0.253 e. The average molecular weight is 340 g/mol. The lowest BCUT2D eigenvalue weighted by Crippen LogP contribution is -2.32. The van der Waals surface area contributed by atoms with Crippen LogP contribution in [0.1, 0.15) is 34.3 Å². The highest BCUT2D eigenvalue weighted by molar-refractivity contribution is 7.98. The van der Waals surface area contributed by atoms with Gasteiger partial charge in [-0.05, 0) is 29.0 Å². The molecule has 0 radical (unpaired) electrons. The number of hydrogen-bond acceptors (Lipinski definition) is 3. The Balaban J connectivity index is 1.67. The van der Waals surface area contributed by atoms with Crippen molar-refractivity contribution in [2.24, 2.45) is 5.73 Å². The fraction of sp³-hybridized carbons (Fsp3) is 0.350. The number of hydrogen-bond donors (Lipinski definition) is 1. The van der Waals surface area contributed by atoms with Gasteiger partial charge in [0, 0.05) is 36.4 Å². The third-order valence-corrected chi connectivity index (χ3v) is 5.50. The predicted octanol–water partition coefficient (Wildman–Crippen LogP) is 3.51. The topological polar surface area (TPSA) is 46.3 Å². The first-order valence-electron chi connectivity index (χ1n) is 8.45. The van der Waals surface area contributed by atoms with Crippen LogP contribution in [0.3, 0.4) is 0 Å². The summed E-state index contributed by atoms with van der Waals surface area (Å²) in [5.74, 6) is 2.40. The highest BCUT2D eigenvalue weighted by Crippen LogP contribution is 2.27. The van der Waals surface area contributed by atoms with E-state index in [1.54, 1.807) is 0 Å². The molecule has 1 aliphatic rings. The molecule has 1 heterocycles. The SMILES string of the molecule is CCSCc1ccc(C(=O)N2C[C@@H](N)[C@H](c3ccccc3)C2)cc1. The molecule has 1 fully saturated rings. The van der Waals surface area contributed by atoms with Crippen LogP contribution in [-0.2, 0) is 5.75 Å². The van der Waals surface area contributed by atoms with E-state index in [9.17, 15) is 4.79 Å². The maximum Gasteiger partial charge on any atom is 0.253 e. The summed E-state index contributed by atoms with van der Waals surface area (Å²) in [7, 11) is 0. The summed E-state index contributed by atoms with van der Waals surface area (Å²) >= 11 is 1.89. The lowest BCUT2D eigenvalue weighted by Gasteiger charge is -2.17. The minimum atomic E-state index is -0.00317. The first-order valence-corrected chi connectivity index (χ1v) is 9.61. The Morgan fingerprint density at radius 2 is 1.83 bits per heavy atom. The van der Waals surface area contributed by atoms with Gasteiger partial charge < -0.3 is 10.6 Å². The van der Waals surface area contributed by atoms with E-state index in [1.165, 1.54) is 11.1 Å². The van der Waals surface area contributed by atoms with Gasteiger partial charge in [-0.25, -0.2) is 0 Å². The molecule has 3 rings (SSSR count). The summed E-state index contributed by atoms with van der Waals surface area (Å²) in [5.41, 5.74) is 9.53. The molecule has 0 aromatic heterocycles. The first kappa shape index (κ1) is 17.1. The third-order valence-electron chi connectivity index (χ3n) is 4.55. The molecule has 1 aliphatic heterocycles. The number of amides is 1. The summed E-state index contributed by atoms with van der Waals surface area (Å²) < 4.78 is 0. The van der Waals surface area contributed by atoms with Gasteiger partial charge in [-0.1, -0.05) is 49.4 Å². The lowest BCUT2D eigenvalue weighted by molar-refractivity contribution is 0.0789. The molecular formula is C20H24N2OS. The second kappa shape index (κ2) is 7.86. The molecule has 4 heteroatoms. The van der Waals surface area contributed by atoms with Crippen LogP contribution in [0.4, 0.5) is 0 Å². The number of nitrogens with zero attached hydrogens (tertiary/aromatic N) is 1. The molecule has 0 unspecified atom stereocenters. The van der Waals surface area contributed by atoms with E-state index < -0.39 is 0 Å². The highest BCUT2D eigenvalue weighted by Gasteiger charge is 2.34. The predicted molar refractivity (Wildman–Crippen MR) is 101 cm³/mol. The van der Waals surface area contributed by atoms with Gasteiger partial charge >= 0.3 is 0 Å². The van der Waals surface area contributed by atoms with Crippen molar-refractivity contribution in [2.75, 3.05) is 18.8 Å². The van der Waals surface area contributed by atoms with Crippen molar-refractivity contribution >= 4 is 17.7 Å². The molecule has 0 bridgehead atoms. The molecule has 0 spiro atoms. The van der Waals surface area contributed by atoms with E-state index in [2.05, 4.69) is 31.2 Å². The van der Waals surface area contributed by atoms with Crippen LogP contribution < -0.4 is 5.73 Å². The summed E-state index contributed by atoms with van der Waals surface area (Å²) in [6.07, 6.45) is 0. The van der Waals surface area contributed by atoms with E-state index in [0.29, 0.717) is 13.1 Å². The Bertz CT molecular complexity index is 672. The molecule has 0 aliphatic carbocycles. The van der Waals surface area contributed by atoms with Crippen molar-refractivity contribution in [3.05, 3.63) is 71.3 Å². The second-order valence-corrected chi connectivity index (χ2v) is 7.50. The zero-order valence-electron chi connectivity index (χ0n) is 14.0. The molecule has 1 saturated heterocycles. The van der Waals surface area contributed by atoms with Gasteiger partial charge in [0.2, 0.25) is 0 Å². The zero-order chi connectivity index (χ0) is 16.9. The largest absolute Gasteiger partial charge is 0.336 e. The Morgan fingerprint density at radius 1 is 1.12 bits per heavy atom. The van der Waals surface area contributed by atoms with Crippen LogP contribution in [0, 0.1) is 0 Å². The number of likely N-dealkylation sites (tertiary alicyclic amines) is 1. The summed E-state index contributed by atoms with van der Waals surface area (Å²) in [6, 6.07) is 18.2. The van der Waals surface area contributed by atoms with Crippen molar-refractivity contribution in [3.8, 4) is 0 Å². The second-order valence-electron chi connectivity index (χ2n) is 6.23. The standard InChI is InChI=1S/C20H24N2OS/c1-2-24-14-15-8-10-17(11-9-15)20(23)22-12-18(19(21)13-22)16-6-4-3-5-7-16/h3-11,18-19H,2,12-14,21H2,1H3/t18-,19+/m0/s1. The van der Waals surface area contributed by atoms with Gasteiger partial charge in [0.15, 0.2) is 0 Å².